The van der Waals surface area contributed by atoms with Gasteiger partial charge in [-0.2, -0.15) is 0 Å². The van der Waals surface area contributed by atoms with Gasteiger partial charge in [-0.25, -0.2) is 0 Å². The summed E-state index contributed by atoms with van der Waals surface area (Å²) in [5.74, 6) is -0.0284. The third kappa shape index (κ3) is 4.10. The van der Waals surface area contributed by atoms with E-state index < -0.39 is 5.91 Å². The summed E-state index contributed by atoms with van der Waals surface area (Å²) in [7, 11) is 0. The summed E-state index contributed by atoms with van der Waals surface area (Å²) < 4.78 is 6.20. The maximum Gasteiger partial charge on any atom is 0.322 e. The van der Waals surface area contributed by atoms with Crippen molar-refractivity contribution >= 4 is 58.2 Å². The van der Waals surface area contributed by atoms with E-state index in [-0.39, 0.29) is 11.6 Å². The van der Waals surface area contributed by atoms with Crippen molar-refractivity contribution in [1.29, 1.82) is 0 Å². The van der Waals surface area contributed by atoms with Gasteiger partial charge in [-0.15, -0.1) is 28.2 Å². The molecule has 3 rings (SSSR count). The number of rotatable bonds is 5. The lowest BCUT2D eigenvalue weighted by Gasteiger charge is -2.00. The molecule has 0 aliphatic heterocycles. The molecule has 0 aliphatic rings. The molecule has 2 aromatic heterocycles. The van der Waals surface area contributed by atoms with Crippen molar-refractivity contribution < 1.29 is 9.21 Å². The van der Waals surface area contributed by atoms with Crippen LogP contribution in [0.2, 0.25) is 8.67 Å². The van der Waals surface area contributed by atoms with Crippen LogP contribution in [-0.4, -0.2) is 22.4 Å². The molecular formula is C15H11Cl2N3O2S2. The first-order valence-corrected chi connectivity index (χ1v) is 9.56. The number of hydrogen-bond acceptors (Lipinski definition) is 6. The fraction of sp³-hybridized carbons (Fsp3) is 0.133. The van der Waals surface area contributed by atoms with Gasteiger partial charge in [0.2, 0.25) is 5.89 Å². The molecule has 1 amide bonds. The van der Waals surface area contributed by atoms with Crippen molar-refractivity contribution in [3.8, 4) is 0 Å². The number of benzene rings is 1. The molecule has 5 nitrogen and oxygen atoms in total. The summed E-state index contributed by atoms with van der Waals surface area (Å²) in [5, 5.41) is 10.3. The average Bonchev–Trinajstić information content (AvgIpc) is 3.14. The van der Waals surface area contributed by atoms with E-state index >= 15 is 0 Å². The lowest BCUT2D eigenvalue weighted by atomic mass is 10.1. The van der Waals surface area contributed by atoms with Crippen LogP contribution in [-0.2, 0) is 6.42 Å². The Morgan fingerprint density at radius 2 is 2.04 bits per heavy atom. The quantitative estimate of drug-likeness (QED) is 0.611. The van der Waals surface area contributed by atoms with Crippen LogP contribution in [0.15, 0.2) is 39.6 Å². The van der Waals surface area contributed by atoms with E-state index in [1.165, 1.54) is 11.0 Å². The predicted octanol–water partition coefficient (Wildman–Crippen LogP) is 5.00. The largest absolute Gasteiger partial charge is 0.407 e. The van der Waals surface area contributed by atoms with Gasteiger partial charge in [0.25, 0.3) is 5.91 Å². The monoisotopic (exact) mass is 399 g/mol. The summed E-state index contributed by atoms with van der Waals surface area (Å²) >= 11 is 14.6. The normalized spacial score (nSPS) is 10.8. The fourth-order valence-corrected chi connectivity index (χ4v) is 3.82. The Morgan fingerprint density at radius 3 is 2.67 bits per heavy atom. The highest BCUT2D eigenvalue weighted by Gasteiger charge is 2.17. The molecule has 2 heterocycles. The molecule has 0 radical (unpaired) electrons. The molecule has 24 heavy (non-hydrogen) atoms. The number of nitrogens with one attached hydrogen (secondary N) is 1. The second kappa shape index (κ2) is 7.57. The smallest absolute Gasteiger partial charge is 0.322 e. The van der Waals surface area contributed by atoms with Gasteiger partial charge in [0.15, 0.2) is 0 Å². The minimum absolute atomic E-state index is 0.0223. The maximum atomic E-state index is 12.1. The number of nitrogens with zero attached hydrogens (tertiary/aromatic N) is 2. The Bertz CT molecular complexity index is 862. The minimum Gasteiger partial charge on any atom is -0.407 e. The van der Waals surface area contributed by atoms with Crippen LogP contribution in [0.25, 0.3) is 0 Å². The van der Waals surface area contributed by atoms with E-state index in [4.69, 9.17) is 27.6 Å². The van der Waals surface area contributed by atoms with Crippen LogP contribution < -0.4 is 5.32 Å². The summed E-state index contributed by atoms with van der Waals surface area (Å²) in [5.41, 5.74) is 1.32. The molecule has 0 fully saturated rings. The van der Waals surface area contributed by atoms with E-state index in [2.05, 4.69) is 15.5 Å². The Labute approximate surface area is 156 Å². The number of amides is 1. The van der Waals surface area contributed by atoms with Gasteiger partial charge in [0.05, 0.1) is 16.3 Å². The molecule has 0 bridgehead atoms. The predicted molar refractivity (Wildman–Crippen MR) is 97.6 cm³/mol. The van der Waals surface area contributed by atoms with Crippen molar-refractivity contribution in [3.63, 3.8) is 0 Å². The summed E-state index contributed by atoms with van der Waals surface area (Å²) in [6.45, 7) is 0. The van der Waals surface area contributed by atoms with Gasteiger partial charge in [-0.3, -0.25) is 10.1 Å². The number of thiophene rings is 1. The molecule has 3 aromatic rings. The molecule has 0 spiro atoms. The van der Waals surface area contributed by atoms with E-state index in [0.29, 0.717) is 21.0 Å². The topological polar surface area (TPSA) is 68.0 Å². The number of hydrogen-bond donors (Lipinski definition) is 1. The van der Waals surface area contributed by atoms with Crippen molar-refractivity contribution in [2.24, 2.45) is 0 Å². The van der Waals surface area contributed by atoms with E-state index in [1.807, 2.05) is 30.5 Å². The second-order valence-electron chi connectivity index (χ2n) is 4.72. The van der Waals surface area contributed by atoms with Gasteiger partial charge in [-0.05, 0) is 30.0 Å². The van der Waals surface area contributed by atoms with Gasteiger partial charge in [0, 0.05) is 4.90 Å². The zero-order chi connectivity index (χ0) is 17.1. The number of anilines is 1. The van der Waals surface area contributed by atoms with Crippen LogP contribution >= 0.6 is 46.3 Å². The van der Waals surface area contributed by atoms with Crippen LogP contribution in [0.1, 0.15) is 21.8 Å². The SMILES string of the molecule is CSc1ccc(Cc2nnc(NC(=O)c3cc(Cl)sc3Cl)o2)cc1. The highest BCUT2D eigenvalue weighted by molar-refractivity contribution is 7.98. The van der Waals surface area contributed by atoms with Crippen LogP contribution in [0.4, 0.5) is 6.01 Å². The molecule has 9 heteroatoms. The van der Waals surface area contributed by atoms with Crippen molar-refractivity contribution in [2.75, 3.05) is 11.6 Å². The lowest BCUT2D eigenvalue weighted by molar-refractivity contribution is 0.102. The second-order valence-corrected chi connectivity index (χ2v) is 7.88. The first-order valence-electron chi connectivity index (χ1n) is 6.76. The molecular weight excluding hydrogens is 389 g/mol. The molecule has 0 saturated heterocycles. The van der Waals surface area contributed by atoms with Gasteiger partial charge in [0.1, 0.15) is 4.34 Å². The molecule has 0 unspecified atom stereocenters. The molecule has 124 valence electrons. The third-order valence-electron chi connectivity index (χ3n) is 3.10. The lowest BCUT2D eigenvalue weighted by Crippen LogP contribution is -2.11. The zero-order valence-electron chi connectivity index (χ0n) is 12.4. The zero-order valence-corrected chi connectivity index (χ0v) is 15.5. The number of aromatic nitrogens is 2. The van der Waals surface area contributed by atoms with E-state index in [1.54, 1.807) is 11.8 Å². The molecule has 0 aliphatic carbocycles. The Balaban J connectivity index is 1.66. The third-order valence-corrected chi connectivity index (χ3v) is 5.33. The van der Waals surface area contributed by atoms with Gasteiger partial charge < -0.3 is 4.42 Å². The Morgan fingerprint density at radius 1 is 1.29 bits per heavy atom. The summed E-state index contributed by atoms with van der Waals surface area (Å²) in [4.78, 5) is 13.3. The van der Waals surface area contributed by atoms with E-state index in [9.17, 15) is 4.79 Å². The Hall–Kier alpha value is -1.54. The van der Waals surface area contributed by atoms with Crippen LogP contribution in [0.3, 0.4) is 0 Å². The minimum atomic E-state index is -0.442. The number of thioether (sulfide) groups is 1. The average molecular weight is 400 g/mol. The summed E-state index contributed by atoms with van der Waals surface area (Å²) in [6, 6.07) is 9.58. The van der Waals surface area contributed by atoms with Crippen LogP contribution in [0, 0.1) is 0 Å². The summed E-state index contributed by atoms with van der Waals surface area (Å²) in [6.07, 6.45) is 2.51. The highest BCUT2D eigenvalue weighted by Crippen LogP contribution is 2.31. The molecule has 1 aromatic carbocycles. The van der Waals surface area contributed by atoms with Gasteiger partial charge in [-0.1, -0.05) is 40.4 Å². The maximum absolute atomic E-state index is 12.1. The fourth-order valence-electron chi connectivity index (χ4n) is 1.95. The van der Waals surface area contributed by atoms with Crippen molar-refractivity contribution in [3.05, 3.63) is 56.0 Å². The first kappa shape index (κ1) is 17.3. The number of carbonyl (C=O) groups excluding carboxylic acids is 1. The number of carbonyl (C=O) groups is 1. The molecule has 0 atom stereocenters. The number of halogens is 2. The highest BCUT2D eigenvalue weighted by atomic mass is 35.5. The Kier molecular flexibility index (Phi) is 5.45. The molecule has 0 saturated carbocycles. The first-order chi connectivity index (χ1) is 11.5. The molecule has 1 N–H and O–H groups in total. The van der Waals surface area contributed by atoms with Crippen molar-refractivity contribution in [1.82, 2.24) is 10.2 Å². The van der Waals surface area contributed by atoms with Crippen LogP contribution in [0.5, 0.6) is 0 Å². The standard InChI is InChI=1S/C15H11Cl2N3O2S2/c1-23-9-4-2-8(3-5-9)6-12-19-20-15(22-12)18-14(21)10-7-11(16)24-13(10)17/h2-5,7H,6H2,1H3,(H,18,20,21). The van der Waals surface area contributed by atoms with Gasteiger partial charge >= 0.3 is 6.01 Å². The van der Waals surface area contributed by atoms with E-state index in [0.717, 1.165) is 16.9 Å². The van der Waals surface area contributed by atoms with Crippen molar-refractivity contribution in [2.45, 2.75) is 11.3 Å².